The number of halogens is 4. The summed E-state index contributed by atoms with van der Waals surface area (Å²) in [6, 6.07) is 3.81. The third-order valence-corrected chi connectivity index (χ3v) is 2.46. The van der Waals surface area contributed by atoms with E-state index in [-0.39, 0.29) is 5.75 Å². The minimum Gasteiger partial charge on any atom is -0.475 e. The maximum atomic E-state index is 12.2. The quantitative estimate of drug-likeness (QED) is 0.787. The number of ether oxygens (including phenoxy) is 3. The number of rotatable bonds is 4. The molecule has 1 rings (SSSR count). The largest absolute Gasteiger partial charge is 0.573 e. The molecular formula is C11H10BrF3O4. The van der Waals surface area contributed by atoms with Crippen LogP contribution in [0.4, 0.5) is 13.2 Å². The maximum absolute atomic E-state index is 12.2. The van der Waals surface area contributed by atoms with Crippen molar-refractivity contribution in [2.75, 3.05) is 7.11 Å². The van der Waals surface area contributed by atoms with E-state index in [0.717, 1.165) is 13.2 Å². The van der Waals surface area contributed by atoms with Gasteiger partial charge in [0.25, 0.3) is 0 Å². The molecular weight excluding hydrogens is 333 g/mol. The molecule has 0 amide bonds. The zero-order valence-corrected chi connectivity index (χ0v) is 11.5. The number of carbonyl (C=O) groups is 1. The summed E-state index contributed by atoms with van der Waals surface area (Å²) in [4.78, 5) is 11.2. The van der Waals surface area contributed by atoms with Crippen molar-refractivity contribution in [1.29, 1.82) is 0 Å². The zero-order valence-electron chi connectivity index (χ0n) is 9.95. The number of carbonyl (C=O) groups excluding carboxylic acids is 1. The number of methoxy groups -OCH3 is 1. The Kier molecular flexibility index (Phi) is 5.04. The van der Waals surface area contributed by atoms with Crippen LogP contribution in [0.2, 0.25) is 0 Å². The molecule has 1 aromatic carbocycles. The van der Waals surface area contributed by atoms with Crippen molar-refractivity contribution in [3.05, 3.63) is 22.7 Å². The molecule has 0 radical (unpaired) electrons. The average molecular weight is 343 g/mol. The lowest BCUT2D eigenvalue weighted by Crippen LogP contribution is -2.25. The molecule has 0 saturated carbocycles. The first-order valence-electron chi connectivity index (χ1n) is 5.02. The number of benzene rings is 1. The molecule has 4 nitrogen and oxygen atoms in total. The Morgan fingerprint density at radius 2 is 1.95 bits per heavy atom. The standard InChI is InChI=1S/C11H10BrF3O4/c1-6(10(16)17-2)18-8-4-3-7(12)5-9(8)19-11(13,14)15/h3-6H,1-2H3/t6-/m0/s1. The average Bonchev–Trinajstić information content (AvgIpc) is 2.29. The second-order valence-electron chi connectivity index (χ2n) is 3.42. The first kappa shape index (κ1) is 15.6. The summed E-state index contributed by atoms with van der Waals surface area (Å²) in [5.74, 6) is -1.46. The van der Waals surface area contributed by atoms with Crippen molar-refractivity contribution in [3.63, 3.8) is 0 Å². The van der Waals surface area contributed by atoms with Crippen LogP contribution in [0.5, 0.6) is 11.5 Å². The Hall–Kier alpha value is -1.44. The van der Waals surface area contributed by atoms with Gasteiger partial charge in [0.15, 0.2) is 17.6 Å². The van der Waals surface area contributed by atoms with E-state index in [1.165, 1.54) is 19.1 Å². The van der Waals surface area contributed by atoms with Crippen molar-refractivity contribution in [2.24, 2.45) is 0 Å². The SMILES string of the molecule is COC(=O)[C@H](C)Oc1ccc(Br)cc1OC(F)(F)F. The smallest absolute Gasteiger partial charge is 0.475 e. The molecule has 0 bridgehead atoms. The van der Waals surface area contributed by atoms with Crippen LogP contribution in [-0.4, -0.2) is 25.5 Å². The number of hydrogen-bond acceptors (Lipinski definition) is 4. The fraction of sp³-hybridized carbons (Fsp3) is 0.364. The second kappa shape index (κ2) is 6.14. The molecule has 0 aliphatic carbocycles. The second-order valence-corrected chi connectivity index (χ2v) is 4.34. The molecule has 1 aromatic rings. The Labute approximate surface area is 115 Å². The highest BCUT2D eigenvalue weighted by atomic mass is 79.9. The topological polar surface area (TPSA) is 44.8 Å². The van der Waals surface area contributed by atoms with Gasteiger partial charge in [0.2, 0.25) is 0 Å². The summed E-state index contributed by atoms with van der Waals surface area (Å²) in [6.45, 7) is 1.35. The van der Waals surface area contributed by atoms with Gasteiger partial charge >= 0.3 is 12.3 Å². The molecule has 106 valence electrons. The minimum absolute atomic E-state index is 0.210. The van der Waals surface area contributed by atoms with Gasteiger partial charge in [-0.3, -0.25) is 0 Å². The lowest BCUT2D eigenvalue weighted by Gasteiger charge is -2.17. The minimum atomic E-state index is -4.85. The predicted molar refractivity (Wildman–Crippen MR) is 62.9 cm³/mol. The van der Waals surface area contributed by atoms with E-state index in [0.29, 0.717) is 4.47 Å². The number of esters is 1. The highest BCUT2D eigenvalue weighted by Crippen LogP contribution is 2.35. The molecule has 0 aliphatic rings. The molecule has 0 spiro atoms. The van der Waals surface area contributed by atoms with Gasteiger partial charge in [-0.25, -0.2) is 4.79 Å². The van der Waals surface area contributed by atoms with E-state index < -0.39 is 24.2 Å². The highest BCUT2D eigenvalue weighted by molar-refractivity contribution is 9.10. The molecule has 0 N–H and O–H groups in total. The fourth-order valence-corrected chi connectivity index (χ4v) is 1.53. The maximum Gasteiger partial charge on any atom is 0.573 e. The van der Waals surface area contributed by atoms with Crippen LogP contribution in [-0.2, 0) is 9.53 Å². The molecule has 0 saturated heterocycles. The van der Waals surface area contributed by atoms with Crippen LogP contribution >= 0.6 is 15.9 Å². The molecule has 1 atom stereocenters. The van der Waals surface area contributed by atoms with Gasteiger partial charge in [-0.15, -0.1) is 13.2 Å². The van der Waals surface area contributed by atoms with Gasteiger partial charge in [0, 0.05) is 4.47 Å². The summed E-state index contributed by atoms with van der Waals surface area (Å²) in [5.41, 5.74) is 0. The van der Waals surface area contributed by atoms with E-state index in [1.807, 2.05) is 0 Å². The van der Waals surface area contributed by atoms with Crippen molar-refractivity contribution < 1.29 is 32.2 Å². The van der Waals surface area contributed by atoms with Crippen LogP contribution in [0, 0.1) is 0 Å². The van der Waals surface area contributed by atoms with Gasteiger partial charge in [-0.1, -0.05) is 15.9 Å². The Bertz CT molecular complexity index is 462. The summed E-state index contributed by atoms with van der Waals surface area (Å²) < 4.78 is 50.4. The van der Waals surface area contributed by atoms with Crippen molar-refractivity contribution in [3.8, 4) is 11.5 Å². The fourth-order valence-electron chi connectivity index (χ4n) is 1.19. The van der Waals surface area contributed by atoms with Crippen molar-refractivity contribution in [2.45, 2.75) is 19.4 Å². The predicted octanol–water partition coefficient (Wildman–Crippen LogP) is 3.29. The van der Waals surface area contributed by atoms with Crippen LogP contribution in [0.25, 0.3) is 0 Å². The third kappa shape index (κ3) is 4.98. The summed E-state index contributed by atoms with van der Waals surface area (Å²) in [5, 5.41) is 0. The zero-order chi connectivity index (χ0) is 14.6. The van der Waals surface area contributed by atoms with Crippen molar-refractivity contribution in [1.82, 2.24) is 0 Å². The van der Waals surface area contributed by atoms with Crippen LogP contribution in [0.1, 0.15) is 6.92 Å². The Morgan fingerprint density at radius 1 is 1.32 bits per heavy atom. The Morgan fingerprint density at radius 3 is 2.47 bits per heavy atom. The number of hydrogen-bond donors (Lipinski definition) is 0. The van der Waals surface area contributed by atoms with Crippen LogP contribution < -0.4 is 9.47 Å². The van der Waals surface area contributed by atoms with Crippen LogP contribution in [0.15, 0.2) is 22.7 Å². The molecule has 0 fully saturated rings. The molecule has 19 heavy (non-hydrogen) atoms. The van der Waals surface area contributed by atoms with Crippen LogP contribution in [0.3, 0.4) is 0 Å². The van der Waals surface area contributed by atoms with Gasteiger partial charge in [0.05, 0.1) is 7.11 Å². The van der Waals surface area contributed by atoms with Gasteiger partial charge in [0.1, 0.15) is 0 Å². The molecule has 0 aromatic heterocycles. The molecule has 0 unspecified atom stereocenters. The lowest BCUT2D eigenvalue weighted by atomic mass is 10.3. The summed E-state index contributed by atoms with van der Waals surface area (Å²) in [6.07, 6.45) is -5.91. The van der Waals surface area contributed by atoms with E-state index in [4.69, 9.17) is 4.74 Å². The van der Waals surface area contributed by atoms with Crippen molar-refractivity contribution >= 4 is 21.9 Å². The normalized spacial score (nSPS) is 12.7. The summed E-state index contributed by atoms with van der Waals surface area (Å²) in [7, 11) is 1.15. The Balaban J connectivity index is 2.97. The van der Waals surface area contributed by atoms with E-state index in [1.54, 1.807) is 0 Å². The lowest BCUT2D eigenvalue weighted by molar-refractivity contribution is -0.275. The third-order valence-electron chi connectivity index (χ3n) is 1.97. The van der Waals surface area contributed by atoms with E-state index >= 15 is 0 Å². The van der Waals surface area contributed by atoms with Gasteiger partial charge < -0.3 is 14.2 Å². The first-order chi connectivity index (χ1) is 8.73. The summed E-state index contributed by atoms with van der Waals surface area (Å²) >= 11 is 3.02. The first-order valence-corrected chi connectivity index (χ1v) is 5.82. The molecule has 0 heterocycles. The van der Waals surface area contributed by atoms with E-state index in [2.05, 4.69) is 25.4 Å². The number of alkyl halides is 3. The van der Waals surface area contributed by atoms with E-state index in [9.17, 15) is 18.0 Å². The van der Waals surface area contributed by atoms with Gasteiger partial charge in [-0.05, 0) is 25.1 Å². The molecule has 0 aliphatic heterocycles. The monoisotopic (exact) mass is 342 g/mol. The molecule has 8 heteroatoms. The highest BCUT2D eigenvalue weighted by Gasteiger charge is 2.33. The van der Waals surface area contributed by atoms with Gasteiger partial charge in [-0.2, -0.15) is 0 Å².